The molecule has 1 aliphatic carbocycles. The van der Waals surface area contributed by atoms with Crippen molar-refractivity contribution < 1.29 is 9.21 Å². The third kappa shape index (κ3) is 2.25. The number of hydrogen-bond donors (Lipinski definition) is 1. The van der Waals surface area contributed by atoms with Gasteiger partial charge in [0.15, 0.2) is 0 Å². The van der Waals surface area contributed by atoms with E-state index in [0.717, 1.165) is 25.0 Å². The topological polar surface area (TPSA) is 42.2 Å². The van der Waals surface area contributed by atoms with Crippen molar-refractivity contribution in [3.8, 4) is 0 Å². The van der Waals surface area contributed by atoms with Crippen LogP contribution >= 0.6 is 0 Å². The highest BCUT2D eigenvalue weighted by atomic mass is 16.3. The van der Waals surface area contributed by atoms with Crippen LogP contribution in [0.1, 0.15) is 43.2 Å². The molecule has 0 fully saturated rings. The minimum Gasteiger partial charge on any atom is -0.464 e. The summed E-state index contributed by atoms with van der Waals surface area (Å²) in [7, 11) is 0. The first-order valence-electron chi connectivity index (χ1n) is 7.05. The first-order chi connectivity index (χ1) is 9.29. The molecule has 0 spiro atoms. The van der Waals surface area contributed by atoms with Crippen molar-refractivity contribution in [1.82, 2.24) is 5.32 Å². The molecule has 19 heavy (non-hydrogen) atoms. The van der Waals surface area contributed by atoms with Crippen LogP contribution in [0.2, 0.25) is 0 Å². The summed E-state index contributed by atoms with van der Waals surface area (Å²) in [5.74, 6) is 0.688. The maximum atomic E-state index is 11.3. The van der Waals surface area contributed by atoms with Crippen LogP contribution in [-0.4, -0.2) is 12.5 Å². The smallest absolute Gasteiger partial charge is 0.219 e. The van der Waals surface area contributed by atoms with E-state index in [-0.39, 0.29) is 5.91 Å². The summed E-state index contributed by atoms with van der Waals surface area (Å²) in [6.07, 6.45) is 5.67. The predicted molar refractivity (Wildman–Crippen MR) is 75.2 cm³/mol. The average Bonchev–Trinajstić information content (AvgIpc) is 3.03. The van der Waals surface area contributed by atoms with Gasteiger partial charge in [0.25, 0.3) is 0 Å². The molecule has 0 saturated carbocycles. The summed E-state index contributed by atoms with van der Waals surface area (Å²) in [6, 6.07) is 6.32. The molecule has 1 amide bonds. The molecule has 1 heterocycles. The lowest BCUT2D eigenvalue weighted by molar-refractivity contribution is -0.120. The number of furan rings is 1. The van der Waals surface area contributed by atoms with E-state index in [2.05, 4.69) is 23.5 Å². The quantitative estimate of drug-likeness (QED) is 0.912. The van der Waals surface area contributed by atoms with Gasteiger partial charge in [-0.15, -0.1) is 0 Å². The Morgan fingerprint density at radius 1 is 1.42 bits per heavy atom. The molecule has 1 aliphatic rings. The van der Waals surface area contributed by atoms with Crippen LogP contribution in [0.4, 0.5) is 0 Å². The molecule has 2 aromatic rings. The summed E-state index contributed by atoms with van der Waals surface area (Å²) in [5.41, 5.74) is 3.86. The van der Waals surface area contributed by atoms with E-state index < -0.39 is 0 Å². The number of carbonyl (C=O) groups excluding carboxylic acids is 1. The third-order valence-electron chi connectivity index (χ3n) is 4.07. The van der Waals surface area contributed by atoms with Gasteiger partial charge in [-0.2, -0.15) is 0 Å². The van der Waals surface area contributed by atoms with Crippen LogP contribution in [-0.2, 0) is 11.2 Å². The largest absolute Gasteiger partial charge is 0.464 e. The van der Waals surface area contributed by atoms with Crippen molar-refractivity contribution in [3.63, 3.8) is 0 Å². The minimum absolute atomic E-state index is 0.139. The Hall–Kier alpha value is -1.77. The number of hydrogen-bond acceptors (Lipinski definition) is 2. The zero-order valence-corrected chi connectivity index (χ0v) is 11.2. The van der Waals surface area contributed by atoms with E-state index in [9.17, 15) is 4.79 Å². The van der Waals surface area contributed by atoms with E-state index in [1.165, 1.54) is 22.9 Å². The van der Waals surface area contributed by atoms with Gasteiger partial charge >= 0.3 is 0 Å². The second-order valence-electron chi connectivity index (χ2n) is 5.20. The molecule has 3 nitrogen and oxygen atoms in total. The van der Waals surface area contributed by atoms with Gasteiger partial charge in [0.2, 0.25) is 5.91 Å². The number of nitrogens with one attached hydrogen (secondary N) is 1. The van der Waals surface area contributed by atoms with E-state index in [1.807, 2.05) is 6.92 Å². The fraction of sp³-hybridized carbons (Fsp3) is 0.438. The highest BCUT2D eigenvalue weighted by molar-refractivity contribution is 5.83. The molecule has 0 bridgehead atoms. The number of carbonyl (C=O) groups is 1. The lowest BCUT2D eigenvalue weighted by Crippen LogP contribution is -2.24. The van der Waals surface area contributed by atoms with Crippen LogP contribution in [0.25, 0.3) is 11.0 Å². The Kier molecular flexibility index (Phi) is 3.28. The molecule has 0 radical (unpaired) electrons. The van der Waals surface area contributed by atoms with Gasteiger partial charge < -0.3 is 9.73 Å². The van der Waals surface area contributed by atoms with Crippen molar-refractivity contribution in [3.05, 3.63) is 35.6 Å². The molecule has 100 valence electrons. The summed E-state index contributed by atoms with van der Waals surface area (Å²) in [4.78, 5) is 11.3. The van der Waals surface area contributed by atoms with Crippen LogP contribution in [0.15, 0.2) is 28.9 Å². The van der Waals surface area contributed by atoms with E-state index in [1.54, 1.807) is 6.26 Å². The lowest BCUT2D eigenvalue weighted by atomic mass is 9.95. The molecule has 1 aromatic carbocycles. The second-order valence-corrected chi connectivity index (χ2v) is 5.20. The number of aryl methyl sites for hydroxylation is 1. The number of amides is 1. The average molecular weight is 257 g/mol. The SMILES string of the molecule is CCC(=O)NCC[C@@H]1CCc2ccc3occc3c21. The van der Waals surface area contributed by atoms with Gasteiger partial charge in [-0.05, 0) is 48.4 Å². The predicted octanol–water partition coefficient (Wildman–Crippen LogP) is 3.38. The maximum Gasteiger partial charge on any atom is 0.219 e. The van der Waals surface area contributed by atoms with Gasteiger partial charge in [0.1, 0.15) is 5.58 Å². The van der Waals surface area contributed by atoms with E-state index in [4.69, 9.17) is 4.42 Å². The van der Waals surface area contributed by atoms with Crippen molar-refractivity contribution in [1.29, 1.82) is 0 Å². The summed E-state index contributed by atoms with van der Waals surface area (Å²) in [6.45, 7) is 2.65. The molecule has 3 heteroatoms. The van der Waals surface area contributed by atoms with Gasteiger partial charge in [0, 0.05) is 18.4 Å². The number of fused-ring (bicyclic) bond motifs is 3. The second kappa shape index (κ2) is 5.08. The first kappa shape index (κ1) is 12.3. The molecule has 0 saturated heterocycles. The highest BCUT2D eigenvalue weighted by Crippen LogP contribution is 2.40. The molecule has 1 aromatic heterocycles. The van der Waals surface area contributed by atoms with Crippen molar-refractivity contribution >= 4 is 16.9 Å². The van der Waals surface area contributed by atoms with Gasteiger partial charge in [-0.25, -0.2) is 0 Å². The van der Waals surface area contributed by atoms with E-state index in [0.29, 0.717) is 12.3 Å². The number of rotatable bonds is 4. The molecule has 0 aliphatic heterocycles. The molecular formula is C16H19NO2. The van der Waals surface area contributed by atoms with Gasteiger partial charge in [0.05, 0.1) is 6.26 Å². The zero-order chi connectivity index (χ0) is 13.2. The molecular weight excluding hydrogens is 238 g/mol. The molecule has 1 N–H and O–H groups in total. The van der Waals surface area contributed by atoms with Crippen molar-refractivity contribution in [2.24, 2.45) is 0 Å². The van der Waals surface area contributed by atoms with E-state index >= 15 is 0 Å². The Morgan fingerprint density at radius 2 is 2.32 bits per heavy atom. The third-order valence-corrected chi connectivity index (χ3v) is 4.07. The first-order valence-corrected chi connectivity index (χ1v) is 7.05. The monoisotopic (exact) mass is 257 g/mol. The van der Waals surface area contributed by atoms with Gasteiger partial charge in [-0.3, -0.25) is 4.79 Å². The Labute approximate surface area is 113 Å². The fourth-order valence-corrected chi connectivity index (χ4v) is 3.09. The Morgan fingerprint density at radius 3 is 3.16 bits per heavy atom. The Balaban J connectivity index is 1.77. The highest BCUT2D eigenvalue weighted by Gasteiger charge is 2.25. The summed E-state index contributed by atoms with van der Waals surface area (Å²) in [5, 5.41) is 4.22. The summed E-state index contributed by atoms with van der Waals surface area (Å²) >= 11 is 0. The summed E-state index contributed by atoms with van der Waals surface area (Å²) < 4.78 is 5.48. The molecule has 1 atom stereocenters. The fourth-order valence-electron chi connectivity index (χ4n) is 3.09. The van der Waals surface area contributed by atoms with Crippen LogP contribution in [0.3, 0.4) is 0 Å². The minimum atomic E-state index is 0.139. The van der Waals surface area contributed by atoms with Crippen molar-refractivity contribution in [2.75, 3.05) is 6.54 Å². The van der Waals surface area contributed by atoms with Crippen LogP contribution < -0.4 is 5.32 Å². The normalized spacial score (nSPS) is 17.6. The zero-order valence-electron chi connectivity index (χ0n) is 11.2. The maximum absolute atomic E-state index is 11.3. The molecule has 0 unspecified atom stereocenters. The van der Waals surface area contributed by atoms with Crippen LogP contribution in [0.5, 0.6) is 0 Å². The Bertz CT molecular complexity index is 600. The van der Waals surface area contributed by atoms with Crippen molar-refractivity contribution in [2.45, 2.75) is 38.5 Å². The molecule has 3 rings (SSSR count). The standard InChI is InChI=1S/C16H19NO2/c1-2-15(18)17-9-7-12-4-3-11-5-6-14-13(16(11)12)8-10-19-14/h5-6,8,10,12H,2-4,7,9H2,1H3,(H,17,18)/t12-/m0/s1. The van der Waals surface area contributed by atoms with Crippen LogP contribution in [0, 0.1) is 0 Å². The van der Waals surface area contributed by atoms with Gasteiger partial charge in [-0.1, -0.05) is 13.0 Å². The lowest BCUT2D eigenvalue weighted by Gasteiger charge is -2.13. The number of benzene rings is 1.